The fourth-order valence-corrected chi connectivity index (χ4v) is 8.57. The smallest absolute Gasteiger partial charge is 0.417 e. The number of anilines is 1. The molecule has 6 amide bonds. The Balaban J connectivity index is 1.46. The number of alkyl halides is 3. The molecule has 4 aliphatic rings. The lowest BCUT2D eigenvalue weighted by Crippen LogP contribution is -2.53. The summed E-state index contributed by atoms with van der Waals surface area (Å²) in [5.41, 5.74) is 5.76. The van der Waals surface area contributed by atoms with Crippen molar-refractivity contribution in [3.8, 4) is 11.5 Å². The number of carbonyl (C=O) groups excluding carboxylic acids is 5. The highest BCUT2D eigenvalue weighted by Crippen LogP contribution is 2.65. The number of halogens is 5. The molecule has 51 heavy (non-hydrogen) atoms. The number of nitrogens with one attached hydrogen (secondary N) is 1. The number of urea groups is 1. The minimum atomic E-state index is -4.78. The fraction of sp³-hybridized carbons (Fsp3) is 0.294. The molecule has 1 aromatic heterocycles. The van der Waals surface area contributed by atoms with Crippen LogP contribution in [0.4, 0.5) is 23.8 Å². The molecule has 3 heterocycles. The Labute approximate surface area is 296 Å². The number of likely N-dealkylation sites (tertiary alicyclic amines) is 1. The van der Waals surface area contributed by atoms with Crippen molar-refractivity contribution in [3.63, 3.8) is 0 Å². The van der Waals surface area contributed by atoms with E-state index in [1.165, 1.54) is 37.4 Å². The van der Waals surface area contributed by atoms with E-state index in [1.54, 1.807) is 18.2 Å². The summed E-state index contributed by atoms with van der Waals surface area (Å²) in [6.07, 6.45) is -2.83. The topological polar surface area (TPSA) is 172 Å². The van der Waals surface area contributed by atoms with Crippen LogP contribution in [0.15, 0.2) is 66.4 Å². The predicted octanol–water partition coefficient (Wildman–Crippen LogP) is 5.19. The number of nitrogens with two attached hydrogens (primary N) is 1. The lowest BCUT2D eigenvalue weighted by atomic mass is 9.49. The Morgan fingerprint density at radius 3 is 2.37 bits per heavy atom. The van der Waals surface area contributed by atoms with E-state index in [0.717, 1.165) is 0 Å². The lowest BCUT2D eigenvalue weighted by molar-refractivity contribution is -0.140. The second kappa shape index (κ2) is 12.0. The zero-order chi connectivity index (χ0) is 36.7. The highest BCUT2D eigenvalue weighted by Gasteiger charge is 2.71. The van der Waals surface area contributed by atoms with Crippen molar-refractivity contribution in [2.24, 2.45) is 29.4 Å². The van der Waals surface area contributed by atoms with Gasteiger partial charge in [-0.15, -0.1) is 0 Å². The first kappa shape index (κ1) is 34.3. The van der Waals surface area contributed by atoms with Crippen LogP contribution in [0.1, 0.15) is 35.4 Å². The Bertz CT molecular complexity index is 2080. The molecule has 3 aromatic rings. The molecule has 3 fully saturated rings. The largest absolute Gasteiger partial charge is 0.508 e. The number of phenols is 1. The van der Waals surface area contributed by atoms with E-state index >= 15 is 4.79 Å². The van der Waals surface area contributed by atoms with Crippen LogP contribution in [0.25, 0.3) is 0 Å². The summed E-state index contributed by atoms with van der Waals surface area (Å²) in [6, 6.07) is 9.76. The van der Waals surface area contributed by atoms with Crippen molar-refractivity contribution in [1.29, 1.82) is 0 Å². The Morgan fingerprint density at radius 1 is 1.04 bits per heavy atom. The van der Waals surface area contributed by atoms with Gasteiger partial charge in [-0.3, -0.25) is 24.6 Å². The summed E-state index contributed by atoms with van der Waals surface area (Å²) in [5, 5.41) is 11.8. The second-order valence-electron chi connectivity index (χ2n) is 12.7. The number of primary amides is 1. The van der Waals surface area contributed by atoms with Crippen LogP contribution >= 0.6 is 23.2 Å². The Hall–Kier alpha value is -5.15. The van der Waals surface area contributed by atoms with Crippen molar-refractivity contribution in [1.82, 2.24) is 14.9 Å². The number of hydrazine groups is 1. The molecule has 0 spiro atoms. The first-order valence-electron chi connectivity index (χ1n) is 15.5. The molecule has 6 atom stereocenters. The number of amides is 6. The number of allylic oxidation sites excluding steroid dienone is 2. The number of phenolic OH excluding ortho intramolecular Hbond substituents is 1. The number of imide groups is 4. The summed E-state index contributed by atoms with van der Waals surface area (Å²) in [6.45, 7) is 0. The number of ether oxygens (including phenoxy) is 1. The van der Waals surface area contributed by atoms with E-state index in [2.05, 4.69) is 10.4 Å². The Kier molecular flexibility index (Phi) is 8.06. The summed E-state index contributed by atoms with van der Waals surface area (Å²) >= 11 is 12.4. The van der Waals surface area contributed by atoms with Crippen LogP contribution in [-0.4, -0.2) is 56.8 Å². The van der Waals surface area contributed by atoms with Gasteiger partial charge in [0, 0.05) is 22.7 Å². The van der Waals surface area contributed by atoms with Crippen molar-refractivity contribution in [2.75, 3.05) is 12.5 Å². The number of aromatic hydroxyl groups is 1. The van der Waals surface area contributed by atoms with Gasteiger partial charge in [0.2, 0.25) is 11.8 Å². The molecule has 1 saturated carbocycles. The van der Waals surface area contributed by atoms with Gasteiger partial charge in [-0.05, 0) is 60.7 Å². The molecule has 2 aliphatic carbocycles. The maximum absolute atomic E-state index is 15.1. The van der Waals surface area contributed by atoms with Crippen molar-refractivity contribution in [3.05, 3.63) is 93.1 Å². The summed E-state index contributed by atoms with van der Waals surface area (Å²) < 4.78 is 45.6. The summed E-state index contributed by atoms with van der Waals surface area (Å²) in [4.78, 5) is 73.1. The van der Waals surface area contributed by atoms with Crippen LogP contribution in [0.2, 0.25) is 10.0 Å². The molecule has 17 heteroatoms. The lowest BCUT2D eigenvalue weighted by Gasteiger charge is -2.50. The first-order valence-corrected chi connectivity index (χ1v) is 16.2. The molecule has 12 nitrogen and oxygen atoms in total. The molecule has 6 unspecified atom stereocenters. The van der Waals surface area contributed by atoms with E-state index in [9.17, 15) is 37.5 Å². The maximum Gasteiger partial charge on any atom is 0.417 e. The second-order valence-corrected chi connectivity index (χ2v) is 13.5. The van der Waals surface area contributed by atoms with Gasteiger partial charge in [0.15, 0.2) is 5.82 Å². The van der Waals surface area contributed by atoms with Crippen LogP contribution in [0, 0.1) is 23.7 Å². The van der Waals surface area contributed by atoms with Crippen molar-refractivity contribution < 1.29 is 47.0 Å². The fourth-order valence-electron chi connectivity index (χ4n) is 8.24. The molecular formula is C34H26Cl2F3N5O7. The number of benzene rings is 2. The van der Waals surface area contributed by atoms with Gasteiger partial charge in [-0.25, -0.2) is 9.78 Å². The number of carbonyl (C=O) groups is 5. The minimum Gasteiger partial charge on any atom is -0.508 e. The van der Waals surface area contributed by atoms with Crippen LogP contribution in [-0.2, 0) is 30.8 Å². The number of methoxy groups -OCH3 is 1. The minimum absolute atomic E-state index is 0.0252. The number of pyridine rings is 1. The molecule has 264 valence electrons. The monoisotopic (exact) mass is 743 g/mol. The highest BCUT2D eigenvalue weighted by atomic mass is 35.5. The van der Waals surface area contributed by atoms with Gasteiger partial charge in [0.1, 0.15) is 11.5 Å². The molecule has 0 radical (unpaired) electrons. The predicted molar refractivity (Wildman–Crippen MR) is 173 cm³/mol. The SMILES string of the molecule is COc1ccc(O)c(C2C3=CCC4C(=O)N(C(N)=O)C(=O)C4C3CC3C(=O)N(Nc4ncc(C(F)(F)F)cc4Cl)C(=O)C32c2ccc(Cl)cc2)c1. The zero-order valence-corrected chi connectivity index (χ0v) is 27.8. The normalized spacial score (nSPS) is 27.2. The highest BCUT2D eigenvalue weighted by molar-refractivity contribution is 6.33. The number of hydrogen-bond donors (Lipinski definition) is 3. The Morgan fingerprint density at radius 2 is 1.75 bits per heavy atom. The molecule has 0 bridgehead atoms. The number of hydrogen-bond acceptors (Lipinski definition) is 9. The van der Waals surface area contributed by atoms with Gasteiger partial charge >= 0.3 is 12.2 Å². The van der Waals surface area contributed by atoms with E-state index < -0.39 is 87.2 Å². The van der Waals surface area contributed by atoms with E-state index in [-0.39, 0.29) is 35.5 Å². The number of fused-ring (bicyclic) bond motifs is 4. The van der Waals surface area contributed by atoms with Crippen molar-refractivity contribution in [2.45, 2.75) is 30.4 Å². The molecular weight excluding hydrogens is 718 g/mol. The van der Waals surface area contributed by atoms with Crippen molar-refractivity contribution >= 4 is 58.7 Å². The van der Waals surface area contributed by atoms with Gasteiger partial charge in [0.05, 0.1) is 40.9 Å². The zero-order valence-electron chi connectivity index (χ0n) is 26.3. The summed E-state index contributed by atoms with van der Waals surface area (Å²) in [5.74, 6) is -9.38. The van der Waals surface area contributed by atoms with Crippen LogP contribution in [0.5, 0.6) is 11.5 Å². The maximum atomic E-state index is 15.1. The van der Waals surface area contributed by atoms with Gasteiger partial charge in [0.25, 0.3) is 11.8 Å². The molecule has 4 N–H and O–H groups in total. The molecule has 2 aromatic carbocycles. The van der Waals surface area contributed by atoms with E-state index in [1.807, 2.05) is 0 Å². The van der Waals surface area contributed by atoms with Gasteiger partial charge < -0.3 is 15.6 Å². The number of rotatable bonds is 5. The van der Waals surface area contributed by atoms with E-state index in [0.29, 0.717) is 32.8 Å². The van der Waals surface area contributed by atoms with Crippen LogP contribution in [0.3, 0.4) is 0 Å². The first-order chi connectivity index (χ1) is 24.1. The molecule has 2 saturated heterocycles. The average Bonchev–Trinajstić information content (AvgIpc) is 3.46. The quantitative estimate of drug-likeness (QED) is 0.235. The standard InChI is InChI=1S/C34H26Cl2F3N5O7/c1-51-17-6-9-24(45)21(11-17)26-18-7-8-19-25(30(48)43(28(19)46)32(40)50)20(18)12-22-29(47)44(31(49)33(22,26)14-2-4-16(35)5-3-14)42-27-23(36)10-15(13-41-27)34(37,38)39/h2-7,9-11,13,19-20,22,25-26,45H,8,12H2,1H3,(H2,40,50)(H,41,42). The molecule has 2 aliphatic heterocycles. The average molecular weight is 745 g/mol. The van der Waals surface area contributed by atoms with Crippen LogP contribution < -0.4 is 15.9 Å². The van der Waals surface area contributed by atoms with Gasteiger partial charge in [-0.2, -0.15) is 23.1 Å². The van der Waals surface area contributed by atoms with Gasteiger partial charge in [-0.1, -0.05) is 47.0 Å². The van der Waals surface area contributed by atoms with E-state index in [4.69, 9.17) is 33.7 Å². The molecule has 7 rings (SSSR count). The third kappa shape index (κ3) is 5.04. The third-order valence-electron chi connectivity index (χ3n) is 10.3. The number of nitrogens with zero attached hydrogens (tertiary/aromatic N) is 3. The number of aromatic nitrogens is 1. The third-order valence-corrected chi connectivity index (χ3v) is 10.9. The summed E-state index contributed by atoms with van der Waals surface area (Å²) in [7, 11) is 1.39.